The van der Waals surface area contributed by atoms with Crippen molar-refractivity contribution in [1.29, 1.82) is 0 Å². The van der Waals surface area contributed by atoms with Crippen molar-refractivity contribution in [3.8, 4) is 0 Å². The van der Waals surface area contributed by atoms with Crippen LogP contribution < -0.4 is 10.6 Å². The molecule has 0 aliphatic rings. The number of amides is 2. The number of nitrogens with one attached hydrogen (secondary N) is 2. The highest BCUT2D eigenvalue weighted by Gasteiger charge is 2.18. The summed E-state index contributed by atoms with van der Waals surface area (Å²) in [6.45, 7) is 3.29. The van der Waals surface area contributed by atoms with Crippen molar-refractivity contribution in [3.63, 3.8) is 0 Å². The van der Waals surface area contributed by atoms with Gasteiger partial charge in [-0.25, -0.2) is 8.78 Å². The van der Waals surface area contributed by atoms with Crippen LogP contribution in [-0.4, -0.2) is 11.8 Å². The van der Waals surface area contributed by atoms with Gasteiger partial charge < -0.3 is 10.6 Å². The Morgan fingerprint density at radius 1 is 1.08 bits per heavy atom. The topological polar surface area (TPSA) is 58.2 Å². The molecule has 4 nitrogen and oxygen atoms in total. The lowest BCUT2D eigenvalue weighted by molar-refractivity contribution is -0.120. The van der Waals surface area contributed by atoms with E-state index in [1.165, 1.54) is 6.92 Å². The summed E-state index contributed by atoms with van der Waals surface area (Å²) < 4.78 is 26.5. The average molecular weight is 332 g/mol. The quantitative estimate of drug-likeness (QED) is 0.881. The van der Waals surface area contributed by atoms with Crippen molar-refractivity contribution in [2.24, 2.45) is 0 Å². The highest BCUT2D eigenvalue weighted by molar-refractivity contribution is 5.91. The van der Waals surface area contributed by atoms with Gasteiger partial charge in [-0.2, -0.15) is 0 Å². The maximum atomic E-state index is 13.6. The molecular formula is C18H18F2N2O2. The molecule has 0 aliphatic heterocycles. The minimum absolute atomic E-state index is 0.0700. The van der Waals surface area contributed by atoms with Crippen molar-refractivity contribution in [2.45, 2.75) is 26.3 Å². The van der Waals surface area contributed by atoms with Crippen LogP contribution in [0, 0.1) is 18.6 Å². The standard InChI is InChI=1S/C18H18F2N2O2/c1-11-3-5-13(6-4-11)17(21-12(2)23)10-18(24)22-16-8-7-14(19)9-15(16)20/h3-9,17H,10H2,1-2H3,(H,21,23)(H,22,24)/t17-/m1/s1. The molecule has 0 saturated heterocycles. The monoisotopic (exact) mass is 332 g/mol. The second-order valence-corrected chi connectivity index (χ2v) is 5.54. The van der Waals surface area contributed by atoms with E-state index < -0.39 is 23.6 Å². The van der Waals surface area contributed by atoms with Crippen LogP contribution in [0.25, 0.3) is 0 Å². The summed E-state index contributed by atoms with van der Waals surface area (Å²) in [5.74, 6) is -2.34. The van der Waals surface area contributed by atoms with E-state index in [-0.39, 0.29) is 18.0 Å². The molecule has 2 N–H and O–H groups in total. The SMILES string of the molecule is CC(=O)N[C@H](CC(=O)Nc1ccc(F)cc1F)c1ccc(C)cc1. The number of carbonyl (C=O) groups excluding carboxylic acids is 2. The predicted octanol–water partition coefficient (Wildman–Crippen LogP) is 3.48. The highest BCUT2D eigenvalue weighted by atomic mass is 19.1. The summed E-state index contributed by atoms with van der Waals surface area (Å²) in [7, 11) is 0. The lowest BCUT2D eigenvalue weighted by Gasteiger charge is -2.18. The van der Waals surface area contributed by atoms with Gasteiger partial charge in [-0.15, -0.1) is 0 Å². The molecule has 0 unspecified atom stereocenters. The first kappa shape index (κ1) is 17.6. The van der Waals surface area contributed by atoms with E-state index in [0.29, 0.717) is 6.07 Å². The average Bonchev–Trinajstić information content (AvgIpc) is 2.50. The zero-order valence-electron chi connectivity index (χ0n) is 13.4. The van der Waals surface area contributed by atoms with Crippen LogP contribution in [0.5, 0.6) is 0 Å². The zero-order chi connectivity index (χ0) is 17.7. The maximum absolute atomic E-state index is 13.6. The lowest BCUT2D eigenvalue weighted by Crippen LogP contribution is -2.29. The van der Waals surface area contributed by atoms with Gasteiger partial charge in [-0.3, -0.25) is 9.59 Å². The molecule has 2 aromatic carbocycles. The molecule has 0 spiro atoms. The molecular weight excluding hydrogens is 314 g/mol. The third-order valence-electron chi connectivity index (χ3n) is 3.45. The zero-order valence-corrected chi connectivity index (χ0v) is 13.4. The predicted molar refractivity (Wildman–Crippen MR) is 87.3 cm³/mol. The normalized spacial score (nSPS) is 11.7. The molecule has 0 saturated carbocycles. The molecule has 6 heteroatoms. The van der Waals surface area contributed by atoms with E-state index in [1.807, 2.05) is 31.2 Å². The number of benzene rings is 2. The van der Waals surface area contributed by atoms with Gasteiger partial charge in [0.1, 0.15) is 11.6 Å². The van der Waals surface area contributed by atoms with Crippen LogP contribution in [-0.2, 0) is 9.59 Å². The van der Waals surface area contributed by atoms with E-state index in [4.69, 9.17) is 0 Å². The molecule has 126 valence electrons. The number of hydrogen-bond donors (Lipinski definition) is 2. The number of aryl methyl sites for hydroxylation is 1. The van der Waals surface area contributed by atoms with Gasteiger partial charge in [0.2, 0.25) is 11.8 Å². The number of carbonyl (C=O) groups is 2. The second-order valence-electron chi connectivity index (χ2n) is 5.54. The van der Waals surface area contributed by atoms with Crippen molar-refractivity contribution < 1.29 is 18.4 Å². The maximum Gasteiger partial charge on any atom is 0.226 e. The van der Waals surface area contributed by atoms with Crippen LogP contribution in [0.4, 0.5) is 14.5 Å². The van der Waals surface area contributed by atoms with Gasteiger partial charge in [0.15, 0.2) is 0 Å². The molecule has 0 aliphatic carbocycles. The van der Waals surface area contributed by atoms with Gasteiger partial charge >= 0.3 is 0 Å². The Labute approximate surface area is 138 Å². The highest BCUT2D eigenvalue weighted by Crippen LogP contribution is 2.20. The van der Waals surface area contributed by atoms with E-state index >= 15 is 0 Å². The Hall–Kier alpha value is -2.76. The minimum Gasteiger partial charge on any atom is -0.349 e. The smallest absolute Gasteiger partial charge is 0.226 e. The number of halogens is 2. The van der Waals surface area contributed by atoms with Crippen molar-refractivity contribution in [2.75, 3.05) is 5.32 Å². The molecule has 0 radical (unpaired) electrons. The fourth-order valence-corrected chi connectivity index (χ4v) is 2.27. The van der Waals surface area contributed by atoms with Crippen LogP contribution in [0.3, 0.4) is 0 Å². The molecule has 2 aromatic rings. The van der Waals surface area contributed by atoms with E-state index in [0.717, 1.165) is 23.3 Å². The van der Waals surface area contributed by atoms with Gasteiger partial charge in [0.25, 0.3) is 0 Å². The molecule has 1 atom stereocenters. The van der Waals surface area contributed by atoms with Gasteiger partial charge in [-0.1, -0.05) is 29.8 Å². The first-order valence-corrected chi connectivity index (χ1v) is 7.43. The Bertz CT molecular complexity index is 745. The largest absolute Gasteiger partial charge is 0.349 e. The first-order chi connectivity index (χ1) is 11.3. The molecule has 24 heavy (non-hydrogen) atoms. The van der Waals surface area contributed by atoms with Crippen LogP contribution in [0.1, 0.15) is 30.5 Å². The third kappa shape index (κ3) is 4.87. The van der Waals surface area contributed by atoms with Crippen LogP contribution in [0.15, 0.2) is 42.5 Å². The summed E-state index contributed by atoms with van der Waals surface area (Å²) in [4.78, 5) is 23.5. The van der Waals surface area contributed by atoms with E-state index in [1.54, 1.807) is 0 Å². The van der Waals surface area contributed by atoms with Gasteiger partial charge in [0, 0.05) is 13.0 Å². The fourth-order valence-electron chi connectivity index (χ4n) is 2.27. The second kappa shape index (κ2) is 7.68. The molecule has 2 amide bonds. The fraction of sp³-hybridized carbons (Fsp3) is 0.222. The summed E-state index contributed by atoms with van der Waals surface area (Å²) in [6, 6.07) is 9.77. The molecule has 0 bridgehead atoms. The summed E-state index contributed by atoms with van der Waals surface area (Å²) >= 11 is 0. The Morgan fingerprint density at radius 2 is 1.75 bits per heavy atom. The molecule has 0 heterocycles. The Kier molecular flexibility index (Phi) is 5.63. The van der Waals surface area contributed by atoms with E-state index in [9.17, 15) is 18.4 Å². The molecule has 0 aromatic heterocycles. The van der Waals surface area contributed by atoms with Gasteiger partial charge in [0.05, 0.1) is 18.2 Å². The van der Waals surface area contributed by atoms with Crippen molar-refractivity contribution in [3.05, 3.63) is 65.2 Å². The Balaban J connectivity index is 2.12. The number of rotatable bonds is 5. The Morgan fingerprint density at radius 3 is 2.33 bits per heavy atom. The third-order valence-corrected chi connectivity index (χ3v) is 3.45. The molecule has 0 fully saturated rings. The van der Waals surface area contributed by atoms with Crippen LogP contribution in [0.2, 0.25) is 0 Å². The minimum atomic E-state index is -0.852. The number of anilines is 1. The van der Waals surface area contributed by atoms with Crippen molar-refractivity contribution >= 4 is 17.5 Å². The van der Waals surface area contributed by atoms with Crippen LogP contribution >= 0.6 is 0 Å². The van der Waals surface area contributed by atoms with Gasteiger partial charge in [-0.05, 0) is 24.6 Å². The summed E-state index contributed by atoms with van der Waals surface area (Å²) in [5, 5.41) is 5.09. The number of hydrogen-bond acceptors (Lipinski definition) is 2. The molecule has 2 rings (SSSR count). The van der Waals surface area contributed by atoms with E-state index in [2.05, 4.69) is 10.6 Å². The summed E-state index contributed by atoms with van der Waals surface area (Å²) in [5.41, 5.74) is 1.72. The summed E-state index contributed by atoms with van der Waals surface area (Å²) in [6.07, 6.45) is -0.0700. The lowest BCUT2D eigenvalue weighted by atomic mass is 10.0. The van der Waals surface area contributed by atoms with Crippen molar-refractivity contribution in [1.82, 2.24) is 5.32 Å². The first-order valence-electron chi connectivity index (χ1n) is 7.43.